The summed E-state index contributed by atoms with van der Waals surface area (Å²) in [6, 6.07) is 11.3. The van der Waals surface area contributed by atoms with Crippen LogP contribution in [0.2, 0.25) is 5.02 Å². The van der Waals surface area contributed by atoms with Crippen LogP contribution in [0, 0.1) is 5.82 Å². The van der Waals surface area contributed by atoms with Gasteiger partial charge in [-0.25, -0.2) is 4.39 Å². The van der Waals surface area contributed by atoms with Crippen LogP contribution in [0.5, 0.6) is 5.75 Å². The standard InChI is InChI=1S/C13H10ClFOS/c14-13-7-10(15)2-1-9(13)8-17-12-5-3-11(16)4-6-12/h1-7,16H,8H2. The fraction of sp³-hybridized carbons (Fsp3) is 0.0769. The Morgan fingerprint density at radius 1 is 1.12 bits per heavy atom. The maximum atomic E-state index is 12.8. The lowest BCUT2D eigenvalue weighted by molar-refractivity contribution is 0.475. The minimum Gasteiger partial charge on any atom is -0.508 e. The number of thioether (sulfide) groups is 1. The Bertz CT molecular complexity index is 513. The molecule has 0 radical (unpaired) electrons. The lowest BCUT2D eigenvalue weighted by Gasteiger charge is -2.04. The monoisotopic (exact) mass is 268 g/mol. The predicted octanol–water partition coefficient (Wildman–Crippen LogP) is 4.48. The Morgan fingerprint density at radius 3 is 2.47 bits per heavy atom. The van der Waals surface area contributed by atoms with Gasteiger partial charge in [0.15, 0.2) is 0 Å². The van der Waals surface area contributed by atoms with Crippen LogP contribution in [-0.4, -0.2) is 5.11 Å². The van der Waals surface area contributed by atoms with Crippen LogP contribution in [0.4, 0.5) is 4.39 Å². The van der Waals surface area contributed by atoms with E-state index in [1.54, 1.807) is 30.0 Å². The number of phenols is 1. The van der Waals surface area contributed by atoms with Gasteiger partial charge in [0.25, 0.3) is 0 Å². The molecule has 88 valence electrons. The lowest BCUT2D eigenvalue weighted by Crippen LogP contribution is -1.84. The smallest absolute Gasteiger partial charge is 0.124 e. The van der Waals surface area contributed by atoms with E-state index in [0.717, 1.165) is 10.5 Å². The molecule has 0 unspecified atom stereocenters. The van der Waals surface area contributed by atoms with Gasteiger partial charge in [0.05, 0.1) is 0 Å². The normalized spacial score (nSPS) is 10.5. The number of halogens is 2. The summed E-state index contributed by atoms with van der Waals surface area (Å²) in [4.78, 5) is 1.03. The zero-order chi connectivity index (χ0) is 12.3. The molecule has 4 heteroatoms. The lowest BCUT2D eigenvalue weighted by atomic mass is 10.2. The molecule has 2 aromatic carbocycles. The molecule has 0 aliphatic rings. The van der Waals surface area contributed by atoms with Crippen molar-refractivity contribution in [3.8, 4) is 5.75 Å². The number of phenolic OH excluding ortho intramolecular Hbond substituents is 1. The van der Waals surface area contributed by atoms with Crippen LogP contribution < -0.4 is 0 Å². The molecule has 0 spiro atoms. The summed E-state index contributed by atoms with van der Waals surface area (Å²) >= 11 is 7.51. The Balaban J connectivity index is 2.04. The van der Waals surface area contributed by atoms with E-state index >= 15 is 0 Å². The molecule has 2 rings (SSSR count). The van der Waals surface area contributed by atoms with Gasteiger partial charge >= 0.3 is 0 Å². The summed E-state index contributed by atoms with van der Waals surface area (Å²) in [5.74, 6) is 0.590. The molecule has 1 N–H and O–H groups in total. The van der Waals surface area contributed by atoms with Gasteiger partial charge in [-0.15, -0.1) is 11.8 Å². The quantitative estimate of drug-likeness (QED) is 0.829. The molecule has 0 aromatic heterocycles. The second-order valence-electron chi connectivity index (χ2n) is 3.52. The highest BCUT2D eigenvalue weighted by Gasteiger charge is 2.03. The van der Waals surface area contributed by atoms with E-state index in [4.69, 9.17) is 16.7 Å². The SMILES string of the molecule is Oc1ccc(SCc2ccc(F)cc2Cl)cc1. The van der Waals surface area contributed by atoms with Crippen molar-refractivity contribution in [3.63, 3.8) is 0 Å². The molecule has 0 saturated carbocycles. The molecular formula is C13H10ClFOS. The van der Waals surface area contributed by atoms with E-state index in [-0.39, 0.29) is 11.6 Å². The summed E-state index contributed by atoms with van der Waals surface area (Å²) in [5.41, 5.74) is 0.895. The average molecular weight is 269 g/mol. The van der Waals surface area contributed by atoms with Crippen molar-refractivity contribution in [2.75, 3.05) is 0 Å². The molecule has 0 heterocycles. The van der Waals surface area contributed by atoms with Gasteiger partial charge in [0.1, 0.15) is 11.6 Å². The Kier molecular flexibility index (Phi) is 3.92. The van der Waals surface area contributed by atoms with E-state index in [2.05, 4.69) is 0 Å². The highest BCUT2D eigenvalue weighted by Crippen LogP contribution is 2.28. The van der Waals surface area contributed by atoms with E-state index in [1.807, 2.05) is 12.1 Å². The molecule has 0 fully saturated rings. The fourth-order valence-electron chi connectivity index (χ4n) is 1.34. The van der Waals surface area contributed by atoms with Crippen LogP contribution in [0.25, 0.3) is 0 Å². The third-order valence-electron chi connectivity index (χ3n) is 2.25. The van der Waals surface area contributed by atoms with Gasteiger partial charge in [-0.3, -0.25) is 0 Å². The maximum Gasteiger partial charge on any atom is 0.124 e. The fourth-order valence-corrected chi connectivity index (χ4v) is 2.56. The number of rotatable bonds is 3. The van der Waals surface area contributed by atoms with Crippen LogP contribution >= 0.6 is 23.4 Å². The van der Waals surface area contributed by atoms with Crippen molar-refractivity contribution >= 4 is 23.4 Å². The van der Waals surface area contributed by atoms with Crippen LogP contribution in [0.3, 0.4) is 0 Å². The van der Waals surface area contributed by atoms with Crippen molar-refractivity contribution in [1.29, 1.82) is 0 Å². The van der Waals surface area contributed by atoms with E-state index < -0.39 is 0 Å². The molecule has 0 bridgehead atoms. The molecule has 17 heavy (non-hydrogen) atoms. The molecule has 1 nitrogen and oxygen atoms in total. The molecule has 0 aliphatic heterocycles. The second-order valence-corrected chi connectivity index (χ2v) is 4.97. The van der Waals surface area contributed by atoms with E-state index in [9.17, 15) is 4.39 Å². The molecule has 0 atom stereocenters. The number of aromatic hydroxyl groups is 1. The molecule has 2 aromatic rings. The van der Waals surface area contributed by atoms with Gasteiger partial charge < -0.3 is 5.11 Å². The van der Waals surface area contributed by atoms with Crippen molar-refractivity contribution in [1.82, 2.24) is 0 Å². The van der Waals surface area contributed by atoms with Gasteiger partial charge in [0.2, 0.25) is 0 Å². The minimum absolute atomic E-state index is 0.245. The van der Waals surface area contributed by atoms with Crippen LogP contribution in [-0.2, 0) is 5.75 Å². The Hall–Kier alpha value is -1.19. The number of benzene rings is 2. The zero-order valence-corrected chi connectivity index (χ0v) is 10.4. The number of hydrogen-bond acceptors (Lipinski definition) is 2. The number of hydrogen-bond donors (Lipinski definition) is 1. The summed E-state index contributed by atoms with van der Waals surface area (Å²) < 4.78 is 12.8. The first-order valence-corrected chi connectivity index (χ1v) is 6.37. The highest BCUT2D eigenvalue weighted by molar-refractivity contribution is 7.98. The maximum absolute atomic E-state index is 12.8. The zero-order valence-electron chi connectivity index (χ0n) is 8.86. The first-order valence-electron chi connectivity index (χ1n) is 5.01. The molecule has 0 saturated heterocycles. The topological polar surface area (TPSA) is 20.2 Å². The Labute approximate surface area is 108 Å². The minimum atomic E-state index is -0.326. The molecule has 0 aliphatic carbocycles. The third kappa shape index (κ3) is 3.38. The van der Waals surface area contributed by atoms with Crippen LogP contribution in [0.1, 0.15) is 5.56 Å². The molecular weight excluding hydrogens is 259 g/mol. The Morgan fingerprint density at radius 2 is 1.82 bits per heavy atom. The van der Waals surface area contributed by atoms with E-state index in [0.29, 0.717) is 10.8 Å². The van der Waals surface area contributed by atoms with Crippen molar-refractivity contribution in [2.45, 2.75) is 10.6 Å². The predicted molar refractivity (Wildman–Crippen MR) is 69.1 cm³/mol. The van der Waals surface area contributed by atoms with Gasteiger partial charge in [-0.05, 0) is 42.0 Å². The van der Waals surface area contributed by atoms with Crippen molar-refractivity contribution in [3.05, 3.63) is 58.9 Å². The summed E-state index contributed by atoms with van der Waals surface area (Å²) in [5, 5.41) is 9.59. The summed E-state index contributed by atoms with van der Waals surface area (Å²) in [7, 11) is 0. The van der Waals surface area contributed by atoms with E-state index in [1.165, 1.54) is 12.1 Å². The first-order chi connectivity index (χ1) is 8.15. The second kappa shape index (κ2) is 5.43. The van der Waals surface area contributed by atoms with Gasteiger partial charge in [-0.2, -0.15) is 0 Å². The van der Waals surface area contributed by atoms with Crippen molar-refractivity contribution in [2.24, 2.45) is 0 Å². The average Bonchev–Trinajstić information content (AvgIpc) is 2.30. The van der Waals surface area contributed by atoms with Gasteiger partial charge in [0, 0.05) is 15.7 Å². The first kappa shape index (κ1) is 12.3. The van der Waals surface area contributed by atoms with Crippen LogP contribution in [0.15, 0.2) is 47.4 Å². The summed E-state index contributed by atoms with van der Waals surface area (Å²) in [6.07, 6.45) is 0. The van der Waals surface area contributed by atoms with Gasteiger partial charge in [-0.1, -0.05) is 17.7 Å². The van der Waals surface area contributed by atoms with Crippen molar-refractivity contribution < 1.29 is 9.50 Å². The summed E-state index contributed by atoms with van der Waals surface area (Å²) in [6.45, 7) is 0. The molecule has 0 amide bonds. The third-order valence-corrected chi connectivity index (χ3v) is 3.66. The largest absolute Gasteiger partial charge is 0.508 e. The highest BCUT2D eigenvalue weighted by atomic mass is 35.5.